The zero-order chi connectivity index (χ0) is 16.4. The van der Waals surface area contributed by atoms with Crippen molar-refractivity contribution in [3.8, 4) is 0 Å². The first kappa shape index (κ1) is 16.6. The standard InChI is InChI=1S/C17H23FN2O2S/c1-23(21,22)20-11-6-14(13-20)12-19-9-7-15(8-10-19)16-4-2-3-5-17(16)18/h2-5,7,14H,6,8-13H2,1H3. The smallest absolute Gasteiger partial charge is 0.211 e. The highest BCUT2D eigenvalue weighted by molar-refractivity contribution is 7.88. The highest BCUT2D eigenvalue weighted by Crippen LogP contribution is 2.26. The molecule has 23 heavy (non-hydrogen) atoms. The van der Waals surface area contributed by atoms with Gasteiger partial charge < -0.3 is 0 Å². The van der Waals surface area contributed by atoms with Crippen molar-refractivity contribution < 1.29 is 12.8 Å². The van der Waals surface area contributed by atoms with Gasteiger partial charge in [-0.3, -0.25) is 4.90 Å². The molecule has 0 amide bonds. The van der Waals surface area contributed by atoms with E-state index in [1.807, 2.05) is 12.1 Å². The van der Waals surface area contributed by atoms with Gasteiger partial charge in [0.15, 0.2) is 0 Å². The number of hydrogen-bond donors (Lipinski definition) is 0. The first-order chi connectivity index (χ1) is 10.9. The second-order valence-electron chi connectivity index (χ2n) is 6.49. The molecule has 1 saturated heterocycles. The fraction of sp³-hybridized carbons (Fsp3) is 0.529. The first-order valence-electron chi connectivity index (χ1n) is 8.05. The highest BCUT2D eigenvalue weighted by atomic mass is 32.2. The van der Waals surface area contributed by atoms with E-state index in [9.17, 15) is 12.8 Å². The monoisotopic (exact) mass is 338 g/mol. The Hall–Kier alpha value is -1.24. The van der Waals surface area contributed by atoms with Crippen LogP contribution in [-0.4, -0.2) is 56.6 Å². The Bertz CT molecular complexity index is 702. The lowest BCUT2D eigenvalue weighted by atomic mass is 9.98. The second-order valence-corrected chi connectivity index (χ2v) is 8.48. The maximum Gasteiger partial charge on any atom is 0.211 e. The van der Waals surface area contributed by atoms with E-state index in [-0.39, 0.29) is 5.82 Å². The molecule has 3 rings (SSSR count). The summed E-state index contributed by atoms with van der Waals surface area (Å²) in [6.07, 6.45) is 5.14. The number of rotatable bonds is 4. The molecule has 4 nitrogen and oxygen atoms in total. The minimum absolute atomic E-state index is 0.160. The minimum atomic E-state index is -3.06. The molecule has 1 atom stereocenters. The summed E-state index contributed by atoms with van der Waals surface area (Å²) in [4.78, 5) is 2.33. The van der Waals surface area contributed by atoms with E-state index >= 15 is 0 Å². The molecule has 0 N–H and O–H groups in total. The van der Waals surface area contributed by atoms with E-state index in [4.69, 9.17) is 0 Å². The van der Waals surface area contributed by atoms with E-state index in [0.29, 0.717) is 24.6 Å². The second kappa shape index (κ2) is 6.71. The topological polar surface area (TPSA) is 40.6 Å². The normalized spacial score (nSPS) is 23.9. The third-order valence-electron chi connectivity index (χ3n) is 4.75. The molecule has 0 radical (unpaired) electrons. The summed E-state index contributed by atoms with van der Waals surface area (Å²) in [5.41, 5.74) is 1.78. The Kier molecular flexibility index (Phi) is 4.85. The third kappa shape index (κ3) is 4.00. The Morgan fingerprint density at radius 3 is 2.65 bits per heavy atom. The lowest BCUT2D eigenvalue weighted by Gasteiger charge is -2.29. The van der Waals surface area contributed by atoms with E-state index in [0.717, 1.165) is 38.0 Å². The van der Waals surface area contributed by atoms with Crippen LogP contribution in [0, 0.1) is 11.7 Å². The van der Waals surface area contributed by atoms with Gasteiger partial charge >= 0.3 is 0 Å². The van der Waals surface area contributed by atoms with Crippen molar-refractivity contribution >= 4 is 15.6 Å². The van der Waals surface area contributed by atoms with Crippen molar-refractivity contribution in [1.82, 2.24) is 9.21 Å². The fourth-order valence-corrected chi connectivity index (χ4v) is 4.37. The summed E-state index contributed by atoms with van der Waals surface area (Å²) in [5.74, 6) is 0.236. The third-order valence-corrected chi connectivity index (χ3v) is 6.02. The molecule has 6 heteroatoms. The van der Waals surface area contributed by atoms with Gasteiger partial charge in [0, 0.05) is 38.3 Å². The number of sulfonamides is 1. The molecule has 2 aliphatic heterocycles. The maximum absolute atomic E-state index is 13.8. The van der Waals surface area contributed by atoms with Crippen molar-refractivity contribution in [3.63, 3.8) is 0 Å². The molecule has 2 heterocycles. The van der Waals surface area contributed by atoms with Crippen molar-refractivity contribution in [1.29, 1.82) is 0 Å². The van der Waals surface area contributed by atoms with E-state index < -0.39 is 10.0 Å². The van der Waals surface area contributed by atoms with Crippen molar-refractivity contribution in [3.05, 3.63) is 41.7 Å². The molecule has 2 aliphatic rings. The van der Waals surface area contributed by atoms with Gasteiger partial charge in [0.1, 0.15) is 5.82 Å². The van der Waals surface area contributed by atoms with Crippen LogP contribution in [0.15, 0.2) is 30.3 Å². The summed E-state index contributed by atoms with van der Waals surface area (Å²) in [5, 5.41) is 0. The number of halogens is 1. The average molecular weight is 338 g/mol. The Balaban J connectivity index is 1.57. The Labute approximate surface area is 137 Å². The van der Waals surface area contributed by atoms with Crippen LogP contribution in [0.1, 0.15) is 18.4 Å². The minimum Gasteiger partial charge on any atom is -0.299 e. The van der Waals surface area contributed by atoms with Gasteiger partial charge in [-0.15, -0.1) is 0 Å². The molecule has 0 aromatic heterocycles. The number of nitrogens with zero attached hydrogens (tertiary/aromatic N) is 2. The molecule has 0 bridgehead atoms. The van der Waals surface area contributed by atoms with Crippen molar-refractivity contribution in [2.45, 2.75) is 12.8 Å². The molecular weight excluding hydrogens is 315 g/mol. The molecule has 126 valence electrons. The van der Waals surface area contributed by atoms with Crippen LogP contribution in [0.4, 0.5) is 4.39 Å². The van der Waals surface area contributed by atoms with Gasteiger partial charge in [-0.05, 0) is 30.4 Å². The molecular formula is C17H23FN2O2S. The molecule has 1 fully saturated rings. The highest BCUT2D eigenvalue weighted by Gasteiger charge is 2.30. The summed E-state index contributed by atoms with van der Waals surface area (Å²) in [6, 6.07) is 6.91. The predicted octanol–water partition coefficient (Wildman–Crippen LogP) is 2.20. The first-order valence-corrected chi connectivity index (χ1v) is 9.90. The van der Waals surface area contributed by atoms with Gasteiger partial charge in [0.25, 0.3) is 0 Å². The molecule has 1 aromatic rings. The zero-order valence-electron chi connectivity index (χ0n) is 13.4. The van der Waals surface area contributed by atoms with Crippen LogP contribution >= 0.6 is 0 Å². The predicted molar refractivity (Wildman–Crippen MR) is 90.0 cm³/mol. The molecule has 1 unspecified atom stereocenters. The van der Waals surface area contributed by atoms with Crippen LogP contribution in [0.5, 0.6) is 0 Å². The average Bonchev–Trinajstić information content (AvgIpc) is 2.97. The fourth-order valence-electron chi connectivity index (χ4n) is 3.46. The van der Waals surface area contributed by atoms with Gasteiger partial charge in [-0.2, -0.15) is 0 Å². The van der Waals surface area contributed by atoms with Gasteiger partial charge in [0.2, 0.25) is 10.0 Å². The SMILES string of the molecule is CS(=O)(=O)N1CCC(CN2CC=C(c3ccccc3F)CC2)C1. The van der Waals surface area contributed by atoms with Crippen LogP contribution in [0.2, 0.25) is 0 Å². The molecule has 0 saturated carbocycles. The summed E-state index contributed by atoms with van der Waals surface area (Å²) < 4.78 is 38.5. The van der Waals surface area contributed by atoms with E-state index in [1.165, 1.54) is 12.3 Å². The molecule has 0 aliphatic carbocycles. The largest absolute Gasteiger partial charge is 0.299 e. The summed E-state index contributed by atoms with van der Waals surface area (Å²) in [6.45, 7) is 3.87. The quantitative estimate of drug-likeness (QED) is 0.845. The Morgan fingerprint density at radius 2 is 2.04 bits per heavy atom. The number of benzene rings is 1. The summed E-state index contributed by atoms with van der Waals surface area (Å²) in [7, 11) is -3.06. The van der Waals surface area contributed by atoms with Crippen LogP contribution < -0.4 is 0 Å². The van der Waals surface area contributed by atoms with Gasteiger partial charge in [-0.1, -0.05) is 24.3 Å². The van der Waals surface area contributed by atoms with E-state index in [2.05, 4.69) is 11.0 Å². The molecule has 0 spiro atoms. The van der Waals surface area contributed by atoms with Crippen molar-refractivity contribution in [2.24, 2.45) is 5.92 Å². The lowest BCUT2D eigenvalue weighted by molar-refractivity contribution is 0.255. The number of hydrogen-bond acceptors (Lipinski definition) is 3. The lowest BCUT2D eigenvalue weighted by Crippen LogP contribution is -2.35. The molecule has 1 aromatic carbocycles. The van der Waals surface area contributed by atoms with Crippen molar-refractivity contribution in [2.75, 3.05) is 39.0 Å². The van der Waals surface area contributed by atoms with E-state index in [1.54, 1.807) is 10.4 Å². The maximum atomic E-state index is 13.8. The van der Waals surface area contributed by atoms with Crippen LogP contribution in [0.3, 0.4) is 0 Å². The van der Waals surface area contributed by atoms with Crippen LogP contribution in [0.25, 0.3) is 5.57 Å². The summed E-state index contributed by atoms with van der Waals surface area (Å²) >= 11 is 0. The van der Waals surface area contributed by atoms with Crippen LogP contribution in [-0.2, 0) is 10.0 Å². The zero-order valence-corrected chi connectivity index (χ0v) is 14.2. The van der Waals surface area contributed by atoms with Gasteiger partial charge in [-0.25, -0.2) is 17.1 Å². The Morgan fingerprint density at radius 1 is 1.26 bits per heavy atom. The van der Waals surface area contributed by atoms with Gasteiger partial charge in [0.05, 0.1) is 6.26 Å².